The summed E-state index contributed by atoms with van der Waals surface area (Å²) in [7, 11) is 0. The van der Waals surface area contributed by atoms with Crippen LogP contribution in [0.5, 0.6) is 0 Å². The number of benzene rings is 2. The molecule has 3 aromatic rings. The number of fused-ring (bicyclic) bond motifs is 1. The molecule has 2 aromatic carbocycles. The van der Waals surface area contributed by atoms with Gasteiger partial charge in [-0.3, -0.25) is 10.1 Å². The van der Waals surface area contributed by atoms with Gasteiger partial charge < -0.3 is 0 Å². The number of non-ortho nitro benzene ring substituents is 1. The molecule has 0 saturated heterocycles. The second kappa shape index (κ2) is 5.69. The van der Waals surface area contributed by atoms with Crippen molar-refractivity contribution in [3.8, 4) is 0 Å². The summed E-state index contributed by atoms with van der Waals surface area (Å²) in [5.74, 6) is 0. The number of nitro benzene ring substituents is 1. The van der Waals surface area contributed by atoms with Crippen molar-refractivity contribution < 1.29 is 4.92 Å². The molecule has 0 fully saturated rings. The first-order chi connectivity index (χ1) is 10.5. The van der Waals surface area contributed by atoms with Crippen LogP contribution in [-0.4, -0.2) is 9.91 Å². The summed E-state index contributed by atoms with van der Waals surface area (Å²) >= 11 is 1.53. The van der Waals surface area contributed by atoms with E-state index in [-0.39, 0.29) is 5.69 Å². The lowest BCUT2D eigenvalue weighted by molar-refractivity contribution is -0.384. The van der Waals surface area contributed by atoms with Crippen molar-refractivity contribution in [2.45, 2.75) is 13.8 Å². The van der Waals surface area contributed by atoms with E-state index in [0.29, 0.717) is 5.52 Å². The summed E-state index contributed by atoms with van der Waals surface area (Å²) in [4.78, 5) is 14.9. The molecule has 1 heterocycles. The van der Waals surface area contributed by atoms with E-state index in [9.17, 15) is 10.1 Å². The number of nitrogens with zero attached hydrogens (tertiary/aromatic N) is 2. The number of nitro groups is 1. The van der Waals surface area contributed by atoms with Gasteiger partial charge in [0, 0.05) is 12.1 Å². The molecule has 1 aromatic heterocycles. The normalized spacial score (nSPS) is 11.4. The topological polar surface area (TPSA) is 56.0 Å². The van der Waals surface area contributed by atoms with Gasteiger partial charge in [-0.25, -0.2) is 4.98 Å². The molecule has 0 aliphatic heterocycles. The molecule has 5 heteroatoms. The molecule has 0 spiro atoms. The van der Waals surface area contributed by atoms with E-state index >= 15 is 0 Å². The summed E-state index contributed by atoms with van der Waals surface area (Å²) in [5, 5.41) is 11.6. The molecule has 0 atom stereocenters. The number of hydrogen-bond acceptors (Lipinski definition) is 4. The lowest BCUT2D eigenvalue weighted by Crippen LogP contribution is -1.86. The smallest absolute Gasteiger partial charge is 0.258 e. The average Bonchev–Trinajstić information content (AvgIpc) is 2.90. The molecule has 22 heavy (non-hydrogen) atoms. The molecule has 0 radical (unpaired) electrons. The van der Waals surface area contributed by atoms with Crippen molar-refractivity contribution in [3.63, 3.8) is 0 Å². The second-order valence-electron chi connectivity index (χ2n) is 5.15. The maximum absolute atomic E-state index is 10.8. The maximum atomic E-state index is 10.8. The highest BCUT2D eigenvalue weighted by Gasteiger charge is 2.09. The Morgan fingerprint density at radius 1 is 1.14 bits per heavy atom. The Balaban J connectivity index is 1.95. The zero-order valence-electron chi connectivity index (χ0n) is 12.2. The third-order valence-electron chi connectivity index (χ3n) is 3.44. The molecule has 4 nitrogen and oxygen atoms in total. The molecule has 0 saturated carbocycles. The van der Waals surface area contributed by atoms with Crippen LogP contribution in [0.1, 0.15) is 21.7 Å². The summed E-state index contributed by atoms with van der Waals surface area (Å²) in [6.07, 6.45) is 3.99. The summed E-state index contributed by atoms with van der Waals surface area (Å²) in [6.45, 7) is 4.13. The summed E-state index contributed by atoms with van der Waals surface area (Å²) in [5.41, 5.74) is 4.32. The predicted octanol–water partition coefficient (Wildman–Crippen LogP) is 4.99. The van der Waals surface area contributed by atoms with E-state index < -0.39 is 4.92 Å². The minimum atomic E-state index is -0.398. The van der Waals surface area contributed by atoms with E-state index in [4.69, 9.17) is 0 Å². The molecular weight excluding hydrogens is 296 g/mol. The Labute approximate surface area is 131 Å². The van der Waals surface area contributed by atoms with Gasteiger partial charge in [-0.1, -0.05) is 29.8 Å². The quantitative estimate of drug-likeness (QED) is 0.505. The summed E-state index contributed by atoms with van der Waals surface area (Å²) in [6, 6.07) is 11.1. The van der Waals surface area contributed by atoms with Crippen LogP contribution in [0.25, 0.3) is 22.4 Å². The van der Waals surface area contributed by atoms with Gasteiger partial charge >= 0.3 is 0 Å². The van der Waals surface area contributed by atoms with Crippen molar-refractivity contribution in [2.75, 3.05) is 0 Å². The second-order valence-corrected chi connectivity index (χ2v) is 6.22. The standard InChI is InChI=1S/C17H14N2O2S/c1-11-3-4-12(2)13(9-11)5-8-17-18-15-10-14(19(20)21)6-7-16(15)22-17/h3-10H,1-2H3/b8-5+. The molecule has 0 aliphatic carbocycles. The van der Waals surface area contributed by atoms with Gasteiger partial charge in [-0.2, -0.15) is 0 Å². The minimum Gasteiger partial charge on any atom is -0.258 e. The van der Waals surface area contributed by atoms with Crippen molar-refractivity contribution >= 4 is 39.4 Å². The van der Waals surface area contributed by atoms with Gasteiger partial charge in [0.1, 0.15) is 5.01 Å². The molecule has 0 unspecified atom stereocenters. The van der Waals surface area contributed by atoms with Crippen LogP contribution in [0.4, 0.5) is 5.69 Å². The van der Waals surface area contributed by atoms with Gasteiger partial charge in [0.2, 0.25) is 0 Å². The van der Waals surface area contributed by atoms with Crippen LogP contribution in [0.2, 0.25) is 0 Å². The van der Waals surface area contributed by atoms with Crippen molar-refractivity contribution in [1.82, 2.24) is 4.98 Å². The van der Waals surface area contributed by atoms with Gasteiger partial charge in [0.15, 0.2) is 0 Å². The summed E-state index contributed by atoms with van der Waals surface area (Å²) < 4.78 is 0.950. The number of hydrogen-bond donors (Lipinski definition) is 0. The van der Waals surface area contributed by atoms with Crippen LogP contribution < -0.4 is 0 Å². The minimum absolute atomic E-state index is 0.0721. The third kappa shape index (κ3) is 2.89. The highest BCUT2D eigenvalue weighted by Crippen LogP contribution is 2.27. The maximum Gasteiger partial charge on any atom is 0.271 e. The lowest BCUT2D eigenvalue weighted by Gasteiger charge is -2.00. The van der Waals surface area contributed by atoms with Crippen molar-refractivity contribution in [1.29, 1.82) is 0 Å². The fourth-order valence-electron chi connectivity index (χ4n) is 2.22. The first-order valence-corrected chi connectivity index (χ1v) is 7.65. The van der Waals surface area contributed by atoms with E-state index in [1.807, 2.05) is 12.2 Å². The first kappa shape index (κ1) is 14.4. The average molecular weight is 310 g/mol. The van der Waals surface area contributed by atoms with E-state index in [2.05, 4.69) is 37.0 Å². The van der Waals surface area contributed by atoms with Crippen molar-refractivity contribution in [3.05, 3.63) is 68.2 Å². The largest absolute Gasteiger partial charge is 0.271 e. The van der Waals surface area contributed by atoms with Gasteiger partial charge in [0.05, 0.1) is 15.1 Å². The highest BCUT2D eigenvalue weighted by molar-refractivity contribution is 7.19. The van der Waals surface area contributed by atoms with E-state index in [1.54, 1.807) is 6.07 Å². The fourth-order valence-corrected chi connectivity index (χ4v) is 3.07. The number of aromatic nitrogens is 1. The van der Waals surface area contributed by atoms with Gasteiger partial charge in [-0.05, 0) is 37.1 Å². The zero-order valence-corrected chi connectivity index (χ0v) is 13.1. The fraction of sp³-hybridized carbons (Fsp3) is 0.118. The zero-order chi connectivity index (χ0) is 15.7. The molecular formula is C17H14N2O2S. The molecule has 110 valence electrons. The number of thiazole rings is 1. The van der Waals surface area contributed by atoms with Crippen LogP contribution in [-0.2, 0) is 0 Å². The van der Waals surface area contributed by atoms with Crippen LogP contribution in [0.3, 0.4) is 0 Å². The molecule has 0 amide bonds. The van der Waals surface area contributed by atoms with Gasteiger partial charge in [-0.15, -0.1) is 11.3 Å². The molecule has 3 rings (SSSR count). The lowest BCUT2D eigenvalue weighted by atomic mass is 10.1. The molecule has 0 N–H and O–H groups in total. The van der Waals surface area contributed by atoms with Gasteiger partial charge in [0.25, 0.3) is 5.69 Å². The highest BCUT2D eigenvalue weighted by atomic mass is 32.1. The Kier molecular flexibility index (Phi) is 3.73. The van der Waals surface area contributed by atoms with E-state index in [1.165, 1.54) is 34.6 Å². The number of aryl methyl sites for hydroxylation is 2. The Morgan fingerprint density at radius 2 is 1.95 bits per heavy atom. The van der Waals surface area contributed by atoms with Crippen LogP contribution >= 0.6 is 11.3 Å². The Morgan fingerprint density at radius 3 is 2.73 bits per heavy atom. The SMILES string of the molecule is Cc1ccc(C)c(/C=C/c2nc3cc([N+](=O)[O-])ccc3s2)c1. The third-order valence-corrected chi connectivity index (χ3v) is 4.44. The molecule has 0 aliphatic rings. The van der Waals surface area contributed by atoms with Crippen LogP contribution in [0.15, 0.2) is 36.4 Å². The van der Waals surface area contributed by atoms with Crippen LogP contribution in [0, 0.1) is 24.0 Å². The number of rotatable bonds is 3. The Bertz CT molecular complexity index is 897. The Hall–Kier alpha value is -2.53. The monoisotopic (exact) mass is 310 g/mol. The predicted molar refractivity (Wildman–Crippen MR) is 91.1 cm³/mol. The van der Waals surface area contributed by atoms with E-state index in [0.717, 1.165) is 15.3 Å². The first-order valence-electron chi connectivity index (χ1n) is 6.83. The molecule has 0 bridgehead atoms. The van der Waals surface area contributed by atoms with Crippen molar-refractivity contribution in [2.24, 2.45) is 0 Å².